The number of ether oxygens (including phenoxy) is 1. The molecule has 2 atom stereocenters. The molecule has 2 aliphatic rings. The van der Waals surface area contributed by atoms with Gasteiger partial charge in [-0.05, 0) is 43.9 Å². The highest BCUT2D eigenvalue weighted by molar-refractivity contribution is 5.95. The van der Waals surface area contributed by atoms with Crippen LogP contribution in [-0.4, -0.2) is 31.1 Å². The zero-order valence-electron chi connectivity index (χ0n) is 12.9. The van der Waals surface area contributed by atoms with Crippen molar-refractivity contribution in [1.82, 2.24) is 5.32 Å². The first-order valence-electron chi connectivity index (χ1n) is 7.97. The molecular formula is C17H22N2O3. The standard InChI is InChI=1S/C17H22N2O3/c1-12(18-17(21)15-7-4-10-22-15)13-5-2-6-14(11-13)19-9-3-8-16(19)20/h2,5-6,11-12,15H,3-4,7-10H2,1H3,(H,18,21)/t12-,15-/m1/s1. The lowest BCUT2D eigenvalue weighted by atomic mass is 10.1. The van der Waals surface area contributed by atoms with Crippen molar-refractivity contribution in [3.8, 4) is 0 Å². The first-order valence-corrected chi connectivity index (χ1v) is 7.97. The molecule has 2 saturated heterocycles. The number of rotatable bonds is 4. The van der Waals surface area contributed by atoms with Crippen LogP contribution >= 0.6 is 0 Å². The number of amides is 2. The quantitative estimate of drug-likeness (QED) is 0.927. The molecule has 2 amide bonds. The predicted octanol–water partition coefficient (Wildman–Crippen LogP) is 2.17. The van der Waals surface area contributed by atoms with Crippen LogP contribution in [0.2, 0.25) is 0 Å². The zero-order chi connectivity index (χ0) is 15.5. The van der Waals surface area contributed by atoms with E-state index >= 15 is 0 Å². The molecule has 1 aromatic rings. The fourth-order valence-corrected chi connectivity index (χ4v) is 3.06. The van der Waals surface area contributed by atoms with Gasteiger partial charge in [-0.3, -0.25) is 9.59 Å². The highest BCUT2D eigenvalue weighted by atomic mass is 16.5. The number of anilines is 1. The van der Waals surface area contributed by atoms with Gasteiger partial charge in [-0.15, -0.1) is 0 Å². The Morgan fingerprint density at radius 3 is 2.95 bits per heavy atom. The third kappa shape index (κ3) is 3.14. The monoisotopic (exact) mass is 302 g/mol. The van der Waals surface area contributed by atoms with E-state index < -0.39 is 0 Å². The summed E-state index contributed by atoms with van der Waals surface area (Å²) in [4.78, 5) is 25.8. The number of hydrogen-bond acceptors (Lipinski definition) is 3. The summed E-state index contributed by atoms with van der Waals surface area (Å²) in [5.41, 5.74) is 1.92. The minimum atomic E-state index is -0.314. The highest BCUT2D eigenvalue weighted by Gasteiger charge is 2.25. The smallest absolute Gasteiger partial charge is 0.249 e. The molecule has 5 nitrogen and oxygen atoms in total. The topological polar surface area (TPSA) is 58.6 Å². The Kier molecular flexibility index (Phi) is 4.43. The summed E-state index contributed by atoms with van der Waals surface area (Å²) in [5.74, 6) is 0.126. The van der Waals surface area contributed by atoms with Crippen LogP contribution in [-0.2, 0) is 14.3 Å². The van der Waals surface area contributed by atoms with E-state index in [1.807, 2.05) is 36.1 Å². The zero-order valence-corrected chi connectivity index (χ0v) is 12.9. The summed E-state index contributed by atoms with van der Waals surface area (Å²) in [7, 11) is 0. The van der Waals surface area contributed by atoms with Gasteiger partial charge in [-0.25, -0.2) is 0 Å². The van der Waals surface area contributed by atoms with Gasteiger partial charge in [0, 0.05) is 25.3 Å². The summed E-state index contributed by atoms with van der Waals surface area (Å²) in [6, 6.07) is 7.75. The van der Waals surface area contributed by atoms with E-state index in [4.69, 9.17) is 4.74 Å². The van der Waals surface area contributed by atoms with Crippen LogP contribution in [0.4, 0.5) is 5.69 Å². The van der Waals surface area contributed by atoms with Crippen molar-refractivity contribution in [1.29, 1.82) is 0 Å². The Hall–Kier alpha value is -1.88. The molecular weight excluding hydrogens is 280 g/mol. The summed E-state index contributed by atoms with van der Waals surface area (Å²) in [6.07, 6.45) is 2.95. The van der Waals surface area contributed by atoms with E-state index in [0.717, 1.165) is 37.1 Å². The molecule has 3 rings (SSSR count). The van der Waals surface area contributed by atoms with E-state index in [2.05, 4.69) is 5.32 Å². The highest BCUT2D eigenvalue weighted by Crippen LogP contribution is 2.25. The van der Waals surface area contributed by atoms with Gasteiger partial charge in [0.1, 0.15) is 6.10 Å². The number of nitrogens with zero attached hydrogens (tertiary/aromatic N) is 1. The van der Waals surface area contributed by atoms with Crippen LogP contribution in [0, 0.1) is 0 Å². The first-order chi connectivity index (χ1) is 10.6. The molecule has 0 unspecified atom stereocenters. The van der Waals surface area contributed by atoms with Gasteiger partial charge in [0.05, 0.1) is 6.04 Å². The van der Waals surface area contributed by atoms with Crippen molar-refractivity contribution in [3.63, 3.8) is 0 Å². The van der Waals surface area contributed by atoms with Gasteiger partial charge >= 0.3 is 0 Å². The van der Waals surface area contributed by atoms with Gasteiger partial charge in [-0.1, -0.05) is 12.1 Å². The van der Waals surface area contributed by atoms with E-state index in [1.54, 1.807) is 0 Å². The average molecular weight is 302 g/mol. The average Bonchev–Trinajstić information content (AvgIpc) is 3.18. The Bertz CT molecular complexity index is 567. The molecule has 0 aromatic heterocycles. The lowest BCUT2D eigenvalue weighted by molar-refractivity contribution is -0.130. The molecule has 118 valence electrons. The SMILES string of the molecule is C[C@@H](NC(=O)[C@H]1CCCO1)c1cccc(N2CCCC2=O)c1. The predicted molar refractivity (Wildman–Crippen MR) is 83.6 cm³/mol. The lowest BCUT2D eigenvalue weighted by Gasteiger charge is -2.20. The van der Waals surface area contributed by atoms with Gasteiger partial charge in [0.2, 0.25) is 11.8 Å². The van der Waals surface area contributed by atoms with Gasteiger partial charge < -0.3 is 15.0 Å². The summed E-state index contributed by atoms with van der Waals surface area (Å²) in [5, 5.41) is 3.00. The number of hydrogen-bond donors (Lipinski definition) is 1. The molecule has 5 heteroatoms. The van der Waals surface area contributed by atoms with Gasteiger partial charge in [-0.2, -0.15) is 0 Å². The Morgan fingerprint density at radius 2 is 2.27 bits per heavy atom. The molecule has 0 spiro atoms. The van der Waals surface area contributed by atoms with Crippen LogP contribution in [0.3, 0.4) is 0 Å². The van der Waals surface area contributed by atoms with E-state index in [9.17, 15) is 9.59 Å². The van der Waals surface area contributed by atoms with Crippen molar-refractivity contribution < 1.29 is 14.3 Å². The summed E-state index contributed by atoms with van der Waals surface area (Å²) in [6.45, 7) is 3.40. The maximum Gasteiger partial charge on any atom is 0.249 e. The van der Waals surface area contributed by atoms with Crippen molar-refractivity contribution in [3.05, 3.63) is 29.8 Å². The molecule has 0 radical (unpaired) electrons. The van der Waals surface area contributed by atoms with Crippen molar-refractivity contribution >= 4 is 17.5 Å². The molecule has 1 N–H and O–H groups in total. The summed E-state index contributed by atoms with van der Waals surface area (Å²) < 4.78 is 5.41. The van der Waals surface area contributed by atoms with Gasteiger partial charge in [0.25, 0.3) is 0 Å². The van der Waals surface area contributed by atoms with E-state index in [1.165, 1.54) is 0 Å². The fraction of sp³-hybridized carbons (Fsp3) is 0.529. The molecule has 2 aliphatic heterocycles. The second kappa shape index (κ2) is 6.48. The molecule has 1 aromatic carbocycles. The van der Waals surface area contributed by atoms with Crippen LogP contribution < -0.4 is 10.2 Å². The number of nitrogens with one attached hydrogen (secondary N) is 1. The normalized spacial score (nSPS) is 22.9. The molecule has 2 fully saturated rings. The fourth-order valence-electron chi connectivity index (χ4n) is 3.06. The maximum atomic E-state index is 12.1. The molecule has 0 saturated carbocycles. The Labute approximate surface area is 130 Å². The van der Waals surface area contributed by atoms with Crippen molar-refractivity contribution in [2.75, 3.05) is 18.1 Å². The van der Waals surface area contributed by atoms with E-state index in [-0.39, 0.29) is 24.0 Å². The Morgan fingerprint density at radius 1 is 1.41 bits per heavy atom. The largest absolute Gasteiger partial charge is 0.368 e. The lowest BCUT2D eigenvalue weighted by Crippen LogP contribution is -2.35. The van der Waals surface area contributed by atoms with Gasteiger partial charge in [0.15, 0.2) is 0 Å². The number of benzene rings is 1. The second-order valence-corrected chi connectivity index (χ2v) is 5.98. The third-order valence-electron chi connectivity index (χ3n) is 4.34. The van der Waals surface area contributed by atoms with Crippen LogP contribution in [0.5, 0.6) is 0 Å². The first kappa shape index (κ1) is 15.0. The van der Waals surface area contributed by atoms with Crippen molar-refractivity contribution in [2.45, 2.75) is 44.8 Å². The van der Waals surface area contributed by atoms with Crippen LogP contribution in [0.15, 0.2) is 24.3 Å². The molecule has 0 aliphatic carbocycles. The molecule has 0 bridgehead atoms. The number of carbonyl (C=O) groups excluding carboxylic acids is 2. The minimum absolute atomic E-state index is 0.0485. The third-order valence-corrected chi connectivity index (χ3v) is 4.34. The second-order valence-electron chi connectivity index (χ2n) is 5.98. The van der Waals surface area contributed by atoms with Crippen LogP contribution in [0.25, 0.3) is 0 Å². The summed E-state index contributed by atoms with van der Waals surface area (Å²) >= 11 is 0. The molecule has 2 heterocycles. The Balaban J connectivity index is 1.68. The number of carbonyl (C=O) groups is 2. The van der Waals surface area contributed by atoms with Crippen molar-refractivity contribution in [2.24, 2.45) is 0 Å². The van der Waals surface area contributed by atoms with E-state index in [0.29, 0.717) is 13.0 Å². The molecule has 22 heavy (non-hydrogen) atoms. The van der Waals surface area contributed by atoms with Crippen LogP contribution in [0.1, 0.15) is 44.2 Å². The minimum Gasteiger partial charge on any atom is -0.368 e. The maximum absolute atomic E-state index is 12.1.